The van der Waals surface area contributed by atoms with E-state index < -0.39 is 0 Å². The molecule has 0 aromatic rings. The molecular weight excluding hydrogens is 180 g/mol. The number of carbonyl (C=O) groups excluding carboxylic acids is 1. The zero-order valence-electron chi connectivity index (χ0n) is 8.96. The molecular formula is C11H20O3. The fraction of sp³-hybridized carbons (Fsp3) is 0.909. The maximum Gasteiger partial charge on any atom is 0.332 e. The Bertz CT molecular complexity index is 160. The second-order valence-electron chi connectivity index (χ2n) is 3.73. The smallest absolute Gasteiger partial charge is 0.332 e. The largest absolute Gasteiger partial charge is 0.464 e. The molecule has 0 amide bonds. The van der Waals surface area contributed by atoms with Crippen LogP contribution in [-0.2, 0) is 14.3 Å². The second kappa shape index (κ2) is 6.82. The molecule has 82 valence electrons. The molecule has 0 saturated heterocycles. The van der Waals surface area contributed by atoms with Gasteiger partial charge in [-0.2, -0.15) is 0 Å². The SMILES string of the molecule is CCOC(=O)COC1CCCCCC1. The first-order valence-electron chi connectivity index (χ1n) is 5.60. The van der Waals surface area contributed by atoms with E-state index in [0.29, 0.717) is 6.61 Å². The Kier molecular flexibility index (Phi) is 5.60. The van der Waals surface area contributed by atoms with Gasteiger partial charge in [-0.25, -0.2) is 4.79 Å². The van der Waals surface area contributed by atoms with Gasteiger partial charge in [-0.3, -0.25) is 0 Å². The molecule has 0 aliphatic heterocycles. The Morgan fingerprint density at radius 2 is 1.86 bits per heavy atom. The van der Waals surface area contributed by atoms with Crippen molar-refractivity contribution >= 4 is 5.97 Å². The highest BCUT2D eigenvalue weighted by Gasteiger charge is 2.14. The van der Waals surface area contributed by atoms with Gasteiger partial charge in [0.05, 0.1) is 12.7 Å². The predicted molar refractivity (Wildman–Crippen MR) is 54.1 cm³/mol. The monoisotopic (exact) mass is 200 g/mol. The number of esters is 1. The summed E-state index contributed by atoms with van der Waals surface area (Å²) in [7, 11) is 0. The summed E-state index contributed by atoms with van der Waals surface area (Å²) in [6, 6.07) is 0. The molecule has 0 spiro atoms. The molecule has 1 fully saturated rings. The van der Waals surface area contributed by atoms with Crippen molar-refractivity contribution in [3.63, 3.8) is 0 Å². The molecule has 0 atom stereocenters. The van der Waals surface area contributed by atoms with E-state index in [-0.39, 0.29) is 18.7 Å². The predicted octanol–water partition coefficient (Wildman–Crippen LogP) is 2.29. The molecule has 0 heterocycles. The minimum atomic E-state index is -0.239. The zero-order chi connectivity index (χ0) is 10.2. The molecule has 1 aliphatic carbocycles. The van der Waals surface area contributed by atoms with Crippen LogP contribution in [0.1, 0.15) is 45.4 Å². The Morgan fingerprint density at radius 1 is 1.21 bits per heavy atom. The van der Waals surface area contributed by atoms with E-state index in [0.717, 1.165) is 12.8 Å². The highest BCUT2D eigenvalue weighted by atomic mass is 16.6. The van der Waals surface area contributed by atoms with E-state index in [2.05, 4.69) is 0 Å². The lowest BCUT2D eigenvalue weighted by atomic mass is 10.1. The van der Waals surface area contributed by atoms with Crippen LogP contribution in [0.15, 0.2) is 0 Å². The van der Waals surface area contributed by atoms with Crippen LogP contribution in [0.25, 0.3) is 0 Å². The quantitative estimate of drug-likeness (QED) is 0.516. The average molecular weight is 200 g/mol. The summed E-state index contributed by atoms with van der Waals surface area (Å²) in [6.07, 6.45) is 7.54. The van der Waals surface area contributed by atoms with Gasteiger partial charge in [-0.15, -0.1) is 0 Å². The van der Waals surface area contributed by atoms with E-state index in [4.69, 9.17) is 9.47 Å². The van der Waals surface area contributed by atoms with Gasteiger partial charge in [0.2, 0.25) is 0 Å². The fourth-order valence-corrected chi connectivity index (χ4v) is 1.80. The average Bonchev–Trinajstić information content (AvgIpc) is 2.43. The zero-order valence-corrected chi connectivity index (χ0v) is 8.96. The van der Waals surface area contributed by atoms with Crippen molar-refractivity contribution in [2.45, 2.75) is 51.6 Å². The Balaban J connectivity index is 2.12. The lowest BCUT2D eigenvalue weighted by molar-refractivity contribution is -0.150. The highest BCUT2D eigenvalue weighted by Crippen LogP contribution is 2.19. The molecule has 1 rings (SSSR count). The first-order chi connectivity index (χ1) is 6.83. The molecule has 3 heteroatoms. The molecule has 0 unspecified atom stereocenters. The van der Waals surface area contributed by atoms with Gasteiger partial charge in [0.1, 0.15) is 6.61 Å². The summed E-state index contributed by atoms with van der Waals surface area (Å²) < 4.78 is 10.3. The number of hydrogen-bond donors (Lipinski definition) is 0. The molecule has 3 nitrogen and oxygen atoms in total. The van der Waals surface area contributed by atoms with Crippen LogP contribution >= 0.6 is 0 Å². The van der Waals surface area contributed by atoms with Crippen LogP contribution in [0.4, 0.5) is 0 Å². The van der Waals surface area contributed by atoms with Crippen molar-refractivity contribution in [3.05, 3.63) is 0 Å². The van der Waals surface area contributed by atoms with Gasteiger partial charge in [0.25, 0.3) is 0 Å². The molecule has 1 saturated carbocycles. The van der Waals surface area contributed by atoms with E-state index in [1.807, 2.05) is 6.92 Å². The molecule has 0 bridgehead atoms. The number of rotatable bonds is 4. The minimum absolute atomic E-state index is 0.124. The van der Waals surface area contributed by atoms with Gasteiger partial charge in [-0.05, 0) is 19.8 Å². The van der Waals surface area contributed by atoms with E-state index >= 15 is 0 Å². The fourth-order valence-electron chi connectivity index (χ4n) is 1.80. The van der Waals surface area contributed by atoms with E-state index in [1.165, 1.54) is 25.7 Å². The summed E-state index contributed by atoms with van der Waals surface area (Å²) in [5.41, 5.74) is 0. The summed E-state index contributed by atoms with van der Waals surface area (Å²) in [5.74, 6) is -0.239. The summed E-state index contributed by atoms with van der Waals surface area (Å²) in [6.45, 7) is 2.37. The topological polar surface area (TPSA) is 35.5 Å². The maximum atomic E-state index is 11.0. The van der Waals surface area contributed by atoms with Gasteiger partial charge in [0, 0.05) is 0 Å². The Hall–Kier alpha value is -0.570. The number of ether oxygens (including phenoxy) is 2. The van der Waals surface area contributed by atoms with Crippen LogP contribution in [0, 0.1) is 0 Å². The normalized spacial score (nSPS) is 18.9. The third-order valence-electron chi connectivity index (χ3n) is 2.54. The van der Waals surface area contributed by atoms with Gasteiger partial charge >= 0.3 is 5.97 Å². The second-order valence-corrected chi connectivity index (χ2v) is 3.73. The summed E-state index contributed by atoms with van der Waals surface area (Å²) >= 11 is 0. The Labute approximate surface area is 85.8 Å². The van der Waals surface area contributed by atoms with Crippen LogP contribution in [-0.4, -0.2) is 25.3 Å². The van der Waals surface area contributed by atoms with Crippen LogP contribution in [0.5, 0.6) is 0 Å². The molecule has 14 heavy (non-hydrogen) atoms. The van der Waals surface area contributed by atoms with Crippen LogP contribution in [0.2, 0.25) is 0 Å². The lowest BCUT2D eigenvalue weighted by Gasteiger charge is -2.14. The minimum Gasteiger partial charge on any atom is -0.464 e. The first-order valence-corrected chi connectivity index (χ1v) is 5.60. The maximum absolute atomic E-state index is 11.0. The van der Waals surface area contributed by atoms with E-state index in [9.17, 15) is 4.79 Å². The van der Waals surface area contributed by atoms with Crippen molar-refractivity contribution < 1.29 is 14.3 Å². The number of carbonyl (C=O) groups is 1. The molecule has 1 aliphatic rings. The number of hydrogen-bond acceptors (Lipinski definition) is 3. The van der Waals surface area contributed by atoms with Gasteiger partial charge < -0.3 is 9.47 Å². The lowest BCUT2D eigenvalue weighted by Crippen LogP contribution is -2.19. The van der Waals surface area contributed by atoms with Gasteiger partial charge in [-0.1, -0.05) is 25.7 Å². The third-order valence-corrected chi connectivity index (χ3v) is 2.54. The van der Waals surface area contributed by atoms with Crippen molar-refractivity contribution in [2.75, 3.05) is 13.2 Å². The standard InChI is InChI=1S/C11H20O3/c1-2-13-11(12)9-14-10-7-5-3-4-6-8-10/h10H,2-9H2,1H3. The van der Waals surface area contributed by atoms with Crippen molar-refractivity contribution in [1.82, 2.24) is 0 Å². The van der Waals surface area contributed by atoms with Crippen LogP contribution in [0.3, 0.4) is 0 Å². The Morgan fingerprint density at radius 3 is 2.43 bits per heavy atom. The van der Waals surface area contributed by atoms with Gasteiger partial charge in [0.15, 0.2) is 0 Å². The van der Waals surface area contributed by atoms with Crippen LogP contribution < -0.4 is 0 Å². The molecule has 0 aromatic heterocycles. The highest BCUT2D eigenvalue weighted by molar-refractivity contribution is 5.70. The first kappa shape index (κ1) is 11.5. The van der Waals surface area contributed by atoms with Crippen molar-refractivity contribution in [1.29, 1.82) is 0 Å². The molecule has 0 radical (unpaired) electrons. The molecule has 0 N–H and O–H groups in total. The molecule has 0 aromatic carbocycles. The van der Waals surface area contributed by atoms with Crippen molar-refractivity contribution in [3.8, 4) is 0 Å². The summed E-state index contributed by atoms with van der Waals surface area (Å²) in [4.78, 5) is 11.0. The summed E-state index contributed by atoms with van der Waals surface area (Å²) in [5, 5.41) is 0. The third kappa shape index (κ3) is 4.61. The van der Waals surface area contributed by atoms with Crippen molar-refractivity contribution in [2.24, 2.45) is 0 Å². The van der Waals surface area contributed by atoms with E-state index in [1.54, 1.807) is 0 Å².